The normalized spacial score (nSPS) is 21.5. The van der Waals surface area contributed by atoms with Crippen LogP contribution in [0, 0.1) is 5.92 Å². The van der Waals surface area contributed by atoms with Gasteiger partial charge in [-0.05, 0) is 38.3 Å². The summed E-state index contributed by atoms with van der Waals surface area (Å²) in [6, 6.07) is 2.48. The van der Waals surface area contributed by atoms with E-state index < -0.39 is 0 Å². The molecule has 2 saturated heterocycles. The van der Waals surface area contributed by atoms with Crippen molar-refractivity contribution in [3.63, 3.8) is 0 Å². The first-order valence-corrected chi connectivity index (χ1v) is 10.3. The Balaban J connectivity index is 1.50. The Labute approximate surface area is 168 Å². The number of ether oxygens (including phenoxy) is 1. The van der Waals surface area contributed by atoms with Gasteiger partial charge in [0.15, 0.2) is 0 Å². The number of hydrogen-bond donors (Lipinski definition) is 1. The quantitative estimate of drug-likeness (QED) is 0.696. The zero-order valence-corrected chi connectivity index (χ0v) is 17.4. The van der Waals surface area contributed by atoms with Gasteiger partial charge in [-0.3, -0.25) is 9.69 Å². The molecular formula is C20H34N6O2. The number of piperidine rings is 2. The number of nitrogens with one attached hydrogen (secondary N) is 1. The van der Waals surface area contributed by atoms with E-state index in [-0.39, 0.29) is 11.8 Å². The van der Waals surface area contributed by atoms with Crippen LogP contribution in [0.4, 0.5) is 11.8 Å². The molecule has 0 bridgehead atoms. The number of methoxy groups -OCH3 is 1. The average molecular weight is 391 g/mol. The summed E-state index contributed by atoms with van der Waals surface area (Å²) in [7, 11) is 5.65. The molecule has 3 rings (SSSR count). The lowest BCUT2D eigenvalue weighted by Gasteiger charge is -2.42. The second-order valence-electron chi connectivity index (χ2n) is 7.95. The van der Waals surface area contributed by atoms with Crippen molar-refractivity contribution in [2.45, 2.75) is 31.7 Å². The number of hydrogen-bond acceptors (Lipinski definition) is 7. The van der Waals surface area contributed by atoms with Gasteiger partial charge in [0.2, 0.25) is 11.9 Å². The largest absolute Gasteiger partial charge is 0.383 e. The molecule has 1 atom stereocenters. The van der Waals surface area contributed by atoms with Crippen LogP contribution in [-0.4, -0.2) is 87.4 Å². The summed E-state index contributed by atoms with van der Waals surface area (Å²) in [6.07, 6.45) is 6.10. The lowest BCUT2D eigenvalue weighted by Crippen LogP contribution is -2.51. The fraction of sp³-hybridized carbons (Fsp3) is 0.750. The molecule has 1 amide bonds. The van der Waals surface area contributed by atoms with E-state index in [1.807, 2.05) is 31.3 Å². The van der Waals surface area contributed by atoms with Crippen molar-refractivity contribution < 1.29 is 9.53 Å². The van der Waals surface area contributed by atoms with Crippen molar-refractivity contribution in [2.24, 2.45) is 5.92 Å². The minimum Gasteiger partial charge on any atom is -0.383 e. The van der Waals surface area contributed by atoms with E-state index in [1.165, 1.54) is 0 Å². The summed E-state index contributed by atoms with van der Waals surface area (Å²) in [5.74, 6) is 2.03. The molecule has 156 valence electrons. The lowest BCUT2D eigenvalue weighted by molar-refractivity contribution is -0.127. The van der Waals surface area contributed by atoms with Crippen molar-refractivity contribution in [1.29, 1.82) is 0 Å². The van der Waals surface area contributed by atoms with E-state index >= 15 is 0 Å². The number of carbonyl (C=O) groups excluding carboxylic acids is 1. The molecule has 0 spiro atoms. The predicted octanol–water partition coefficient (Wildman–Crippen LogP) is 0.986. The molecule has 8 heteroatoms. The molecule has 8 nitrogen and oxygen atoms in total. The van der Waals surface area contributed by atoms with E-state index in [1.54, 1.807) is 7.11 Å². The average Bonchev–Trinajstić information content (AvgIpc) is 2.74. The second kappa shape index (κ2) is 10.0. The van der Waals surface area contributed by atoms with Crippen LogP contribution in [0.3, 0.4) is 0 Å². The summed E-state index contributed by atoms with van der Waals surface area (Å²) < 4.78 is 5.02. The number of nitrogens with zero attached hydrogens (tertiary/aromatic N) is 5. The van der Waals surface area contributed by atoms with Crippen LogP contribution in [0.15, 0.2) is 12.3 Å². The molecule has 2 aliphatic rings. The number of anilines is 2. The minimum atomic E-state index is 0.101. The van der Waals surface area contributed by atoms with E-state index in [0.29, 0.717) is 19.2 Å². The summed E-state index contributed by atoms with van der Waals surface area (Å²) in [4.78, 5) is 28.3. The summed E-state index contributed by atoms with van der Waals surface area (Å²) in [6.45, 7) is 5.05. The zero-order chi connectivity index (χ0) is 19.9. The van der Waals surface area contributed by atoms with Crippen LogP contribution in [0.25, 0.3) is 0 Å². The Morgan fingerprint density at radius 2 is 2.07 bits per heavy atom. The smallest absolute Gasteiger partial charge is 0.227 e. The monoisotopic (exact) mass is 390 g/mol. The van der Waals surface area contributed by atoms with Gasteiger partial charge in [-0.1, -0.05) is 0 Å². The predicted molar refractivity (Wildman–Crippen MR) is 111 cm³/mol. The van der Waals surface area contributed by atoms with Gasteiger partial charge in [-0.2, -0.15) is 4.98 Å². The Kier molecular flexibility index (Phi) is 7.44. The van der Waals surface area contributed by atoms with Crippen LogP contribution in [0.1, 0.15) is 25.7 Å². The van der Waals surface area contributed by atoms with Crippen LogP contribution >= 0.6 is 0 Å². The fourth-order valence-electron chi connectivity index (χ4n) is 4.14. The number of likely N-dealkylation sites (tertiary alicyclic amines) is 1. The van der Waals surface area contributed by atoms with Gasteiger partial charge < -0.3 is 19.9 Å². The summed E-state index contributed by atoms with van der Waals surface area (Å²) in [5, 5.41) is 3.00. The van der Waals surface area contributed by atoms with Gasteiger partial charge in [0, 0.05) is 59.6 Å². The molecule has 0 saturated carbocycles. The van der Waals surface area contributed by atoms with Crippen LogP contribution in [0.2, 0.25) is 0 Å². The van der Waals surface area contributed by atoms with Gasteiger partial charge in [-0.15, -0.1) is 0 Å². The minimum absolute atomic E-state index is 0.101. The summed E-state index contributed by atoms with van der Waals surface area (Å²) >= 11 is 0. The molecule has 3 heterocycles. The van der Waals surface area contributed by atoms with E-state index in [2.05, 4.69) is 25.1 Å². The van der Waals surface area contributed by atoms with Gasteiger partial charge in [-0.25, -0.2) is 4.98 Å². The third-order valence-electron chi connectivity index (χ3n) is 5.78. The van der Waals surface area contributed by atoms with Gasteiger partial charge >= 0.3 is 0 Å². The first-order valence-electron chi connectivity index (χ1n) is 10.3. The molecule has 0 aromatic carbocycles. The highest BCUT2D eigenvalue weighted by Crippen LogP contribution is 2.25. The van der Waals surface area contributed by atoms with E-state index in [0.717, 1.165) is 63.6 Å². The highest BCUT2D eigenvalue weighted by molar-refractivity contribution is 5.78. The van der Waals surface area contributed by atoms with Crippen LogP contribution in [-0.2, 0) is 9.53 Å². The highest BCUT2D eigenvalue weighted by atomic mass is 16.5. The van der Waals surface area contributed by atoms with Gasteiger partial charge in [0.1, 0.15) is 5.82 Å². The van der Waals surface area contributed by atoms with E-state index in [9.17, 15) is 4.79 Å². The molecular weight excluding hydrogens is 356 g/mol. The maximum atomic E-state index is 12.4. The number of carbonyl (C=O) groups is 1. The number of amides is 1. The Bertz CT molecular complexity index is 633. The zero-order valence-electron chi connectivity index (χ0n) is 17.4. The van der Waals surface area contributed by atoms with Crippen molar-refractivity contribution in [3.8, 4) is 0 Å². The molecule has 1 unspecified atom stereocenters. The van der Waals surface area contributed by atoms with E-state index in [4.69, 9.17) is 4.74 Å². The molecule has 28 heavy (non-hydrogen) atoms. The molecule has 0 radical (unpaired) electrons. The van der Waals surface area contributed by atoms with Crippen molar-refractivity contribution in [2.75, 3.05) is 70.3 Å². The fourth-order valence-corrected chi connectivity index (χ4v) is 4.14. The van der Waals surface area contributed by atoms with Gasteiger partial charge in [0.25, 0.3) is 0 Å². The molecule has 1 aromatic heterocycles. The number of rotatable bonds is 7. The van der Waals surface area contributed by atoms with Crippen LogP contribution < -0.4 is 15.1 Å². The standard InChI is InChI=1S/C20H34N6O2/c1-24(2)18-6-9-22-20(23-18)25-12-7-17(8-13-25)26-11-4-5-16(15-26)19(27)21-10-14-28-3/h6,9,16-17H,4-5,7-8,10-15H2,1-3H3,(H,21,27). The third-order valence-corrected chi connectivity index (χ3v) is 5.78. The molecule has 1 aromatic rings. The summed E-state index contributed by atoms with van der Waals surface area (Å²) in [5.41, 5.74) is 0. The maximum absolute atomic E-state index is 12.4. The molecule has 2 fully saturated rings. The Morgan fingerprint density at radius 1 is 1.29 bits per heavy atom. The third kappa shape index (κ3) is 5.32. The second-order valence-corrected chi connectivity index (χ2v) is 7.95. The maximum Gasteiger partial charge on any atom is 0.227 e. The van der Waals surface area contributed by atoms with Crippen molar-refractivity contribution >= 4 is 17.7 Å². The number of aromatic nitrogens is 2. The SMILES string of the molecule is COCCNC(=O)C1CCCN(C2CCN(c3nccc(N(C)C)n3)CC2)C1. The Morgan fingerprint density at radius 3 is 2.79 bits per heavy atom. The first kappa shape index (κ1) is 20.8. The molecule has 1 N–H and O–H groups in total. The Hall–Kier alpha value is -1.93. The lowest BCUT2D eigenvalue weighted by atomic mass is 9.93. The molecule has 0 aliphatic carbocycles. The van der Waals surface area contributed by atoms with Crippen molar-refractivity contribution in [1.82, 2.24) is 20.2 Å². The first-order chi connectivity index (χ1) is 13.6. The topological polar surface area (TPSA) is 73.8 Å². The molecule has 2 aliphatic heterocycles. The van der Waals surface area contributed by atoms with Crippen molar-refractivity contribution in [3.05, 3.63) is 12.3 Å². The van der Waals surface area contributed by atoms with Crippen LogP contribution in [0.5, 0.6) is 0 Å². The van der Waals surface area contributed by atoms with Gasteiger partial charge in [0.05, 0.1) is 12.5 Å². The highest BCUT2D eigenvalue weighted by Gasteiger charge is 2.32.